The number of benzene rings is 6. The first kappa shape index (κ1) is 25.6. The van der Waals surface area contributed by atoms with Crippen molar-refractivity contribution in [2.24, 2.45) is 0 Å². The fourth-order valence-corrected chi connectivity index (χ4v) is 5.73. The van der Waals surface area contributed by atoms with Crippen molar-refractivity contribution in [2.45, 2.75) is 0 Å². The summed E-state index contributed by atoms with van der Waals surface area (Å²) >= 11 is 0. The Morgan fingerprint density at radius 3 is 1.59 bits per heavy atom. The molecule has 2 heterocycles. The molecule has 208 valence electrons. The van der Waals surface area contributed by atoms with Crippen LogP contribution in [0.1, 0.15) is 0 Å². The van der Waals surface area contributed by atoms with Gasteiger partial charge in [-0.05, 0) is 41.5 Å². The molecule has 8 rings (SSSR count). The summed E-state index contributed by atoms with van der Waals surface area (Å²) in [6, 6.07) is 47.6. The lowest BCUT2D eigenvalue weighted by Gasteiger charge is -2.16. The number of nitrogens with zero attached hydrogens (tertiary/aromatic N) is 3. The second-order valence-corrected chi connectivity index (χ2v) is 10.6. The van der Waals surface area contributed by atoms with Gasteiger partial charge in [0, 0.05) is 38.6 Å². The first-order chi connectivity index (χ1) is 21.7. The van der Waals surface area contributed by atoms with Gasteiger partial charge in [0.1, 0.15) is 16.9 Å². The van der Waals surface area contributed by atoms with Crippen molar-refractivity contribution in [2.75, 3.05) is 0 Å². The van der Waals surface area contributed by atoms with Crippen LogP contribution in [0.4, 0.5) is 0 Å². The fraction of sp³-hybridized carbons (Fsp3) is 0. The number of hydrogen-bond acceptors (Lipinski definition) is 5. The van der Waals surface area contributed by atoms with Gasteiger partial charge in [-0.1, -0.05) is 115 Å². The normalized spacial score (nSPS) is 11.3. The standard InChI is InChI=1S/C39H25N3O2/c43-36-29(28-20-23-34-32(24-28)30-18-10-11-19-33(30)44-34)21-22-31(35(36)25-12-4-1-5-13-25)39-41-37(26-14-6-2-7-15-26)40-38(42-39)27-16-8-3-9-17-27/h1-24,43H. The number of rotatable bonds is 5. The van der Waals surface area contributed by atoms with Crippen LogP contribution in [0.2, 0.25) is 0 Å². The van der Waals surface area contributed by atoms with Crippen molar-refractivity contribution in [1.29, 1.82) is 0 Å². The molecule has 0 fully saturated rings. The van der Waals surface area contributed by atoms with Gasteiger partial charge in [-0.3, -0.25) is 0 Å². The van der Waals surface area contributed by atoms with Crippen molar-refractivity contribution in [3.8, 4) is 62.2 Å². The molecule has 0 bridgehead atoms. The van der Waals surface area contributed by atoms with Crippen molar-refractivity contribution in [1.82, 2.24) is 15.0 Å². The molecule has 0 aliphatic rings. The van der Waals surface area contributed by atoms with E-state index >= 15 is 0 Å². The van der Waals surface area contributed by atoms with E-state index in [0.717, 1.165) is 44.2 Å². The highest BCUT2D eigenvalue weighted by molar-refractivity contribution is 6.06. The average molecular weight is 568 g/mol. The molecule has 0 aliphatic heterocycles. The van der Waals surface area contributed by atoms with Crippen molar-refractivity contribution < 1.29 is 9.52 Å². The van der Waals surface area contributed by atoms with Crippen LogP contribution in [0.5, 0.6) is 5.75 Å². The van der Waals surface area contributed by atoms with E-state index in [-0.39, 0.29) is 5.75 Å². The maximum Gasteiger partial charge on any atom is 0.164 e. The number of hydrogen-bond donors (Lipinski definition) is 1. The van der Waals surface area contributed by atoms with E-state index in [2.05, 4.69) is 12.1 Å². The minimum absolute atomic E-state index is 0.156. The summed E-state index contributed by atoms with van der Waals surface area (Å²) < 4.78 is 6.05. The molecule has 0 atom stereocenters. The largest absolute Gasteiger partial charge is 0.507 e. The van der Waals surface area contributed by atoms with Gasteiger partial charge >= 0.3 is 0 Å². The van der Waals surface area contributed by atoms with Gasteiger partial charge < -0.3 is 9.52 Å². The molecular formula is C39H25N3O2. The second-order valence-electron chi connectivity index (χ2n) is 10.6. The van der Waals surface area contributed by atoms with Gasteiger partial charge in [0.05, 0.1) is 0 Å². The highest BCUT2D eigenvalue weighted by atomic mass is 16.3. The number of aromatic hydroxyl groups is 1. The summed E-state index contributed by atoms with van der Waals surface area (Å²) in [5, 5.41) is 14.1. The van der Waals surface area contributed by atoms with E-state index < -0.39 is 0 Å². The van der Waals surface area contributed by atoms with Crippen LogP contribution >= 0.6 is 0 Å². The van der Waals surface area contributed by atoms with Crippen molar-refractivity contribution in [3.05, 3.63) is 146 Å². The molecule has 0 aliphatic carbocycles. The SMILES string of the molecule is Oc1c(-c2ccc3oc4ccccc4c3c2)ccc(-c2nc(-c3ccccc3)nc(-c3ccccc3)n2)c1-c1ccccc1. The van der Waals surface area contributed by atoms with Crippen LogP contribution in [-0.2, 0) is 0 Å². The number of furan rings is 1. The van der Waals surface area contributed by atoms with Crippen LogP contribution in [0.15, 0.2) is 150 Å². The van der Waals surface area contributed by atoms with E-state index in [1.807, 2.05) is 133 Å². The molecule has 5 heteroatoms. The zero-order valence-electron chi connectivity index (χ0n) is 23.6. The number of phenolic OH excluding ortho intramolecular Hbond substituents is 1. The van der Waals surface area contributed by atoms with Gasteiger partial charge in [-0.2, -0.15) is 0 Å². The van der Waals surface area contributed by atoms with Gasteiger partial charge in [0.2, 0.25) is 0 Å². The Bertz CT molecular complexity index is 2220. The van der Waals surface area contributed by atoms with E-state index in [0.29, 0.717) is 34.2 Å². The van der Waals surface area contributed by atoms with Crippen LogP contribution < -0.4 is 0 Å². The Balaban J connectivity index is 1.36. The zero-order chi connectivity index (χ0) is 29.5. The Morgan fingerprint density at radius 1 is 0.409 bits per heavy atom. The first-order valence-corrected chi connectivity index (χ1v) is 14.4. The second kappa shape index (κ2) is 10.6. The van der Waals surface area contributed by atoms with Gasteiger partial charge in [-0.15, -0.1) is 0 Å². The van der Waals surface area contributed by atoms with E-state index in [1.165, 1.54) is 0 Å². The van der Waals surface area contributed by atoms with Gasteiger partial charge in [-0.25, -0.2) is 15.0 Å². The quantitative estimate of drug-likeness (QED) is 0.224. The fourth-order valence-electron chi connectivity index (χ4n) is 5.73. The Hall–Kier alpha value is -6.07. The minimum atomic E-state index is 0.156. The summed E-state index contributed by atoms with van der Waals surface area (Å²) in [7, 11) is 0. The highest BCUT2D eigenvalue weighted by Crippen LogP contribution is 2.45. The molecule has 44 heavy (non-hydrogen) atoms. The molecule has 1 N–H and O–H groups in total. The molecule has 0 radical (unpaired) electrons. The Kier molecular flexibility index (Phi) is 6.20. The minimum Gasteiger partial charge on any atom is -0.507 e. The average Bonchev–Trinajstić information content (AvgIpc) is 3.47. The maximum atomic E-state index is 12.1. The third-order valence-corrected chi connectivity index (χ3v) is 7.87. The van der Waals surface area contributed by atoms with Crippen LogP contribution in [0.3, 0.4) is 0 Å². The Labute approximate surface area is 253 Å². The molecule has 8 aromatic rings. The van der Waals surface area contributed by atoms with Crippen molar-refractivity contribution in [3.63, 3.8) is 0 Å². The third kappa shape index (κ3) is 4.48. The molecule has 0 amide bonds. The summed E-state index contributed by atoms with van der Waals surface area (Å²) in [4.78, 5) is 14.7. The summed E-state index contributed by atoms with van der Waals surface area (Å²) in [5.41, 5.74) is 7.24. The lowest BCUT2D eigenvalue weighted by atomic mass is 9.92. The monoisotopic (exact) mass is 567 g/mol. The topological polar surface area (TPSA) is 72.0 Å². The van der Waals surface area contributed by atoms with Crippen molar-refractivity contribution >= 4 is 21.9 Å². The van der Waals surface area contributed by atoms with E-state index in [1.54, 1.807) is 0 Å². The maximum absolute atomic E-state index is 12.1. The number of para-hydroxylation sites is 1. The summed E-state index contributed by atoms with van der Waals surface area (Å²) in [6.07, 6.45) is 0. The molecule has 5 nitrogen and oxygen atoms in total. The predicted molar refractivity (Wildman–Crippen MR) is 176 cm³/mol. The number of aromatic nitrogens is 3. The van der Waals surface area contributed by atoms with Crippen LogP contribution in [0, 0.1) is 0 Å². The summed E-state index contributed by atoms with van der Waals surface area (Å²) in [6.45, 7) is 0. The molecule has 0 saturated carbocycles. The zero-order valence-corrected chi connectivity index (χ0v) is 23.6. The molecule has 0 spiro atoms. The van der Waals surface area contributed by atoms with Gasteiger partial charge in [0.25, 0.3) is 0 Å². The molecular weight excluding hydrogens is 542 g/mol. The summed E-state index contributed by atoms with van der Waals surface area (Å²) in [5.74, 6) is 1.77. The third-order valence-electron chi connectivity index (χ3n) is 7.87. The molecule has 0 unspecified atom stereocenters. The molecule has 6 aromatic carbocycles. The highest BCUT2D eigenvalue weighted by Gasteiger charge is 2.21. The van der Waals surface area contributed by atoms with E-state index in [9.17, 15) is 5.11 Å². The molecule has 0 saturated heterocycles. The van der Waals surface area contributed by atoms with E-state index in [4.69, 9.17) is 19.4 Å². The number of fused-ring (bicyclic) bond motifs is 3. The van der Waals surface area contributed by atoms with Crippen LogP contribution in [0.25, 0.3) is 78.4 Å². The molecule has 2 aromatic heterocycles. The van der Waals surface area contributed by atoms with Gasteiger partial charge in [0.15, 0.2) is 17.5 Å². The smallest absolute Gasteiger partial charge is 0.164 e. The van der Waals surface area contributed by atoms with Crippen LogP contribution in [-0.4, -0.2) is 20.1 Å². The Morgan fingerprint density at radius 2 is 0.932 bits per heavy atom. The lowest BCUT2D eigenvalue weighted by Crippen LogP contribution is -2.01. The predicted octanol–water partition coefficient (Wildman–Crippen LogP) is 9.81. The first-order valence-electron chi connectivity index (χ1n) is 14.4. The number of phenols is 1. The lowest BCUT2D eigenvalue weighted by molar-refractivity contribution is 0.479.